The predicted octanol–water partition coefficient (Wildman–Crippen LogP) is 1.59. The third-order valence-corrected chi connectivity index (χ3v) is 4.34. The summed E-state index contributed by atoms with van der Waals surface area (Å²) >= 11 is 0. The van der Waals surface area contributed by atoms with Crippen molar-refractivity contribution in [3.05, 3.63) is 34.9 Å². The fourth-order valence-electron chi connectivity index (χ4n) is 3.01. The van der Waals surface area contributed by atoms with Gasteiger partial charge in [0.05, 0.1) is 0 Å². The highest BCUT2D eigenvalue weighted by atomic mass is 16.5. The summed E-state index contributed by atoms with van der Waals surface area (Å²) in [5, 5.41) is 6.76. The molecule has 7 nitrogen and oxygen atoms in total. The van der Waals surface area contributed by atoms with E-state index in [1.165, 1.54) is 11.0 Å². The molecule has 2 aromatic heterocycles. The fourth-order valence-corrected chi connectivity index (χ4v) is 3.01. The molecule has 7 heteroatoms. The van der Waals surface area contributed by atoms with Gasteiger partial charge in [-0.05, 0) is 30.9 Å². The molecule has 0 bridgehead atoms. The van der Waals surface area contributed by atoms with Crippen LogP contribution in [0.1, 0.15) is 32.6 Å². The summed E-state index contributed by atoms with van der Waals surface area (Å²) in [5.41, 5.74) is 0.497. The Bertz CT molecular complexity index is 722. The lowest BCUT2D eigenvalue weighted by Crippen LogP contribution is -2.43. The molecular weight excluding hydrogens is 296 g/mol. The summed E-state index contributed by atoms with van der Waals surface area (Å²) in [5.74, 6) is -0.131. The lowest BCUT2D eigenvalue weighted by molar-refractivity contribution is -0.123. The minimum absolute atomic E-state index is 0.114. The Morgan fingerprint density at radius 1 is 1.39 bits per heavy atom. The van der Waals surface area contributed by atoms with Crippen molar-refractivity contribution in [2.75, 3.05) is 0 Å². The van der Waals surface area contributed by atoms with E-state index in [1.54, 1.807) is 24.4 Å². The number of rotatable bonds is 4. The summed E-state index contributed by atoms with van der Waals surface area (Å²) in [6.07, 6.45) is 6.04. The number of nitrogens with zero attached hydrogens (tertiary/aromatic N) is 3. The first-order chi connectivity index (χ1) is 11.1. The molecule has 1 amide bonds. The molecule has 2 aromatic rings. The first kappa shape index (κ1) is 15.5. The third kappa shape index (κ3) is 3.49. The zero-order chi connectivity index (χ0) is 16.2. The van der Waals surface area contributed by atoms with Gasteiger partial charge in [0.2, 0.25) is 11.7 Å². The molecule has 2 atom stereocenters. The normalized spacial score (nSPS) is 21.1. The first-order valence-electron chi connectivity index (χ1n) is 7.92. The van der Waals surface area contributed by atoms with Crippen LogP contribution >= 0.6 is 0 Å². The molecular formula is C16H20N4O3. The number of nitrogens with one attached hydrogen (secondary N) is 1. The minimum atomic E-state index is -0.655. The lowest BCUT2D eigenvalue weighted by Gasteiger charge is -2.29. The quantitative estimate of drug-likeness (QED) is 0.925. The maximum Gasteiger partial charge on any atom is 0.442 e. The van der Waals surface area contributed by atoms with Crippen LogP contribution in [-0.2, 0) is 11.3 Å². The van der Waals surface area contributed by atoms with Crippen LogP contribution in [0.25, 0.3) is 11.5 Å². The monoisotopic (exact) mass is 316 g/mol. The van der Waals surface area contributed by atoms with Crippen molar-refractivity contribution in [1.29, 1.82) is 0 Å². The zero-order valence-electron chi connectivity index (χ0n) is 13.1. The number of carbonyl (C=O) groups is 1. The molecule has 0 saturated heterocycles. The van der Waals surface area contributed by atoms with E-state index in [1.807, 2.05) is 0 Å². The second-order valence-electron chi connectivity index (χ2n) is 6.01. The van der Waals surface area contributed by atoms with E-state index >= 15 is 0 Å². The molecule has 0 aliphatic heterocycles. The molecule has 1 aliphatic rings. The Balaban J connectivity index is 1.74. The van der Waals surface area contributed by atoms with Crippen LogP contribution in [0.3, 0.4) is 0 Å². The second kappa shape index (κ2) is 6.76. The van der Waals surface area contributed by atoms with Crippen molar-refractivity contribution >= 4 is 5.91 Å². The molecule has 0 radical (unpaired) electrons. The molecule has 1 saturated carbocycles. The van der Waals surface area contributed by atoms with Crippen molar-refractivity contribution in [3.63, 3.8) is 0 Å². The van der Waals surface area contributed by atoms with Gasteiger partial charge in [-0.1, -0.05) is 31.0 Å². The van der Waals surface area contributed by atoms with Crippen molar-refractivity contribution in [1.82, 2.24) is 20.0 Å². The first-order valence-corrected chi connectivity index (χ1v) is 7.92. The molecule has 1 fully saturated rings. The van der Waals surface area contributed by atoms with Gasteiger partial charge < -0.3 is 5.32 Å². The van der Waals surface area contributed by atoms with Crippen molar-refractivity contribution in [2.24, 2.45) is 5.92 Å². The van der Waals surface area contributed by atoms with Gasteiger partial charge >= 0.3 is 5.76 Å². The van der Waals surface area contributed by atoms with Gasteiger partial charge in [0, 0.05) is 12.2 Å². The van der Waals surface area contributed by atoms with E-state index < -0.39 is 5.76 Å². The second-order valence-corrected chi connectivity index (χ2v) is 6.01. The van der Waals surface area contributed by atoms with Gasteiger partial charge in [0.25, 0.3) is 0 Å². The van der Waals surface area contributed by atoms with Crippen LogP contribution in [0.2, 0.25) is 0 Å². The summed E-state index contributed by atoms with van der Waals surface area (Å²) in [6, 6.07) is 5.44. The number of carbonyl (C=O) groups excluding carboxylic acids is 1. The molecule has 122 valence electrons. The highest BCUT2D eigenvalue weighted by Crippen LogP contribution is 2.23. The summed E-state index contributed by atoms with van der Waals surface area (Å²) in [4.78, 5) is 28.3. The predicted molar refractivity (Wildman–Crippen MR) is 83.6 cm³/mol. The van der Waals surface area contributed by atoms with Gasteiger partial charge in [-0.3, -0.25) is 14.3 Å². The van der Waals surface area contributed by atoms with Gasteiger partial charge in [-0.25, -0.2) is 9.36 Å². The number of hydrogen-bond acceptors (Lipinski definition) is 5. The van der Waals surface area contributed by atoms with Gasteiger partial charge in [-0.2, -0.15) is 0 Å². The van der Waals surface area contributed by atoms with E-state index in [9.17, 15) is 9.59 Å². The smallest absolute Gasteiger partial charge is 0.352 e. The van der Waals surface area contributed by atoms with Crippen LogP contribution < -0.4 is 11.1 Å². The highest BCUT2D eigenvalue weighted by molar-refractivity contribution is 5.76. The van der Waals surface area contributed by atoms with E-state index in [2.05, 4.69) is 22.4 Å². The maximum atomic E-state index is 12.3. The molecule has 1 N–H and O–H groups in total. The molecule has 23 heavy (non-hydrogen) atoms. The summed E-state index contributed by atoms with van der Waals surface area (Å²) in [7, 11) is 0. The zero-order valence-corrected chi connectivity index (χ0v) is 13.1. The minimum Gasteiger partial charge on any atom is -0.352 e. The standard InChI is InChI=1S/C16H20N4O3/c1-11-6-2-3-7-12(11)18-14(21)10-20-15(19-23-16(20)22)13-8-4-5-9-17-13/h4-5,8-9,11-12H,2-3,6-7,10H2,1H3,(H,18,21)/t11-,12+/m1/s1. The Morgan fingerprint density at radius 3 is 2.96 bits per heavy atom. The SMILES string of the molecule is C[C@@H]1CCCC[C@@H]1NC(=O)Cn1c(-c2ccccn2)noc1=O. The number of hydrogen-bond donors (Lipinski definition) is 1. The van der Waals surface area contributed by atoms with Crippen molar-refractivity contribution in [3.8, 4) is 11.5 Å². The lowest BCUT2D eigenvalue weighted by atomic mass is 9.86. The van der Waals surface area contributed by atoms with Crippen LogP contribution in [0.15, 0.2) is 33.7 Å². The van der Waals surface area contributed by atoms with Gasteiger partial charge in [0.15, 0.2) is 0 Å². The third-order valence-electron chi connectivity index (χ3n) is 4.34. The Hall–Kier alpha value is -2.44. The average Bonchev–Trinajstić information content (AvgIpc) is 2.91. The van der Waals surface area contributed by atoms with Crippen molar-refractivity contribution in [2.45, 2.75) is 45.2 Å². The van der Waals surface area contributed by atoms with E-state index in [0.717, 1.165) is 19.3 Å². The average molecular weight is 316 g/mol. The summed E-state index contributed by atoms with van der Waals surface area (Å²) < 4.78 is 5.91. The van der Waals surface area contributed by atoms with Crippen LogP contribution in [0.5, 0.6) is 0 Å². The molecule has 1 aliphatic carbocycles. The molecule has 0 unspecified atom stereocenters. The van der Waals surface area contributed by atoms with E-state index in [4.69, 9.17) is 4.52 Å². The summed E-state index contributed by atoms with van der Waals surface area (Å²) in [6.45, 7) is 2.03. The van der Waals surface area contributed by atoms with Crippen LogP contribution in [0, 0.1) is 5.92 Å². The number of amides is 1. The topological polar surface area (TPSA) is 90.0 Å². The molecule has 2 heterocycles. The van der Waals surface area contributed by atoms with Crippen LogP contribution in [0.4, 0.5) is 0 Å². The van der Waals surface area contributed by atoms with Gasteiger partial charge in [0.1, 0.15) is 12.2 Å². The maximum absolute atomic E-state index is 12.3. The van der Waals surface area contributed by atoms with E-state index in [0.29, 0.717) is 11.6 Å². The van der Waals surface area contributed by atoms with Gasteiger partial charge in [-0.15, -0.1) is 0 Å². The molecule has 0 spiro atoms. The van der Waals surface area contributed by atoms with E-state index in [-0.39, 0.29) is 24.3 Å². The Morgan fingerprint density at radius 2 is 2.22 bits per heavy atom. The highest BCUT2D eigenvalue weighted by Gasteiger charge is 2.24. The Kier molecular flexibility index (Phi) is 4.55. The molecule has 3 rings (SSSR count). The van der Waals surface area contributed by atoms with Crippen molar-refractivity contribution < 1.29 is 9.32 Å². The molecule has 0 aromatic carbocycles. The van der Waals surface area contributed by atoms with Crippen LogP contribution in [-0.4, -0.2) is 26.7 Å². The largest absolute Gasteiger partial charge is 0.442 e. The Labute approximate surface area is 133 Å². The number of pyridine rings is 1. The number of aromatic nitrogens is 3. The fraction of sp³-hybridized carbons (Fsp3) is 0.500.